The van der Waals surface area contributed by atoms with Crippen molar-refractivity contribution in [1.82, 2.24) is 19.9 Å². The maximum Gasteiger partial charge on any atom is 0.342 e. The second kappa shape index (κ2) is 16.4. The molecule has 3 N–H and O–H groups in total. The quantitative estimate of drug-likeness (QED) is 0.174. The number of fused-ring (bicyclic) bond motifs is 2. The normalized spacial score (nSPS) is 16.8. The molecule has 3 heterocycles. The zero-order chi connectivity index (χ0) is 36.7. The Morgan fingerprint density at radius 1 is 1.04 bits per heavy atom. The molecule has 51 heavy (non-hydrogen) atoms. The first-order valence-electron chi connectivity index (χ1n) is 16.9. The monoisotopic (exact) mass is 700 g/mol. The Bertz CT molecular complexity index is 1910. The molecule has 0 spiro atoms. The first-order valence-corrected chi connectivity index (χ1v) is 16.9. The standard InChI is InChI=1S/C38H44N4O9/c1-22-12-11-15-26(43)14-8-6-7-13-24-18-28(44)34(35(46)33(24)38(47)51-22)27(25-19-29(48-3)36(50-5)30(20-25)49-4)21-32(45)39-23(2)37-41-40-31-16-9-10-17-42(31)37/h7,9-10,13,16-20,22-23,27,44,46H,6,8,11-12,14-15,21H2,1-5H3,(H,39,45). The van der Waals surface area contributed by atoms with Crippen LogP contribution in [-0.4, -0.2) is 69.9 Å². The molecule has 5 rings (SSSR count). The first kappa shape index (κ1) is 36.7. The van der Waals surface area contributed by atoms with E-state index in [-0.39, 0.29) is 46.1 Å². The lowest BCUT2D eigenvalue weighted by atomic mass is 9.84. The molecule has 0 aliphatic carbocycles. The third kappa shape index (κ3) is 8.25. The topological polar surface area (TPSA) is 171 Å². The van der Waals surface area contributed by atoms with E-state index in [0.717, 1.165) is 0 Å². The number of carbonyl (C=O) groups is 3. The van der Waals surface area contributed by atoms with E-state index in [9.17, 15) is 24.6 Å². The number of ketones is 1. The molecule has 4 aromatic rings. The zero-order valence-electron chi connectivity index (χ0n) is 29.5. The molecular formula is C38H44N4O9. The van der Waals surface area contributed by atoms with Crippen LogP contribution in [0, 0.1) is 0 Å². The average Bonchev–Trinajstić information content (AvgIpc) is 3.54. The number of aromatic nitrogens is 3. The molecule has 2 aromatic heterocycles. The largest absolute Gasteiger partial charge is 0.507 e. The fourth-order valence-corrected chi connectivity index (χ4v) is 6.41. The van der Waals surface area contributed by atoms with Gasteiger partial charge in [0.05, 0.1) is 33.5 Å². The number of esters is 1. The summed E-state index contributed by atoms with van der Waals surface area (Å²) >= 11 is 0. The third-order valence-corrected chi connectivity index (χ3v) is 8.98. The molecule has 0 saturated carbocycles. The number of methoxy groups -OCH3 is 3. The summed E-state index contributed by atoms with van der Waals surface area (Å²) in [5.74, 6) is -1.61. The van der Waals surface area contributed by atoms with E-state index in [2.05, 4.69) is 15.5 Å². The predicted molar refractivity (Wildman–Crippen MR) is 188 cm³/mol. The summed E-state index contributed by atoms with van der Waals surface area (Å²) in [5, 5.41) is 35.0. The molecule has 0 radical (unpaired) electrons. The highest BCUT2D eigenvalue weighted by Crippen LogP contribution is 2.48. The van der Waals surface area contributed by atoms with Crippen LogP contribution in [-0.2, 0) is 14.3 Å². The number of ether oxygens (including phenoxy) is 4. The number of hydrogen-bond donors (Lipinski definition) is 3. The Morgan fingerprint density at radius 3 is 2.47 bits per heavy atom. The Kier molecular flexibility index (Phi) is 11.8. The van der Waals surface area contributed by atoms with Gasteiger partial charge in [0, 0.05) is 36.9 Å². The van der Waals surface area contributed by atoms with Crippen LogP contribution >= 0.6 is 0 Å². The maximum absolute atomic E-state index is 13.9. The van der Waals surface area contributed by atoms with Crippen LogP contribution in [0.4, 0.5) is 0 Å². The average molecular weight is 701 g/mol. The van der Waals surface area contributed by atoms with Gasteiger partial charge in [-0.15, -0.1) is 10.2 Å². The van der Waals surface area contributed by atoms with E-state index < -0.39 is 35.7 Å². The van der Waals surface area contributed by atoms with Crippen molar-refractivity contribution in [3.63, 3.8) is 0 Å². The Balaban J connectivity index is 1.61. The molecule has 3 unspecified atom stereocenters. The minimum atomic E-state index is -1.03. The summed E-state index contributed by atoms with van der Waals surface area (Å²) in [6, 6.07) is 9.52. The molecular weight excluding hydrogens is 656 g/mol. The highest BCUT2D eigenvalue weighted by atomic mass is 16.5. The highest BCUT2D eigenvalue weighted by molar-refractivity contribution is 5.98. The predicted octanol–water partition coefficient (Wildman–Crippen LogP) is 6.05. The van der Waals surface area contributed by atoms with Crippen LogP contribution in [0.15, 0.2) is 48.7 Å². The summed E-state index contributed by atoms with van der Waals surface area (Å²) in [7, 11) is 4.37. The van der Waals surface area contributed by atoms with E-state index >= 15 is 0 Å². The molecule has 0 saturated heterocycles. The number of phenolic OH excluding ortho intramolecular Hbond substituents is 2. The van der Waals surface area contributed by atoms with Gasteiger partial charge < -0.3 is 34.5 Å². The highest BCUT2D eigenvalue weighted by Gasteiger charge is 2.33. The number of carbonyl (C=O) groups excluding carboxylic acids is 3. The van der Waals surface area contributed by atoms with Crippen molar-refractivity contribution in [2.45, 2.75) is 76.9 Å². The van der Waals surface area contributed by atoms with Gasteiger partial charge in [-0.25, -0.2) is 4.79 Å². The first-order chi connectivity index (χ1) is 24.6. The van der Waals surface area contributed by atoms with Crippen molar-refractivity contribution in [2.24, 2.45) is 0 Å². The van der Waals surface area contributed by atoms with Crippen molar-refractivity contribution in [1.29, 1.82) is 0 Å². The van der Waals surface area contributed by atoms with E-state index in [1.165, 1.54) is 27.4 Å². The number of allylic oxidation sites excluding steroid dienone is 1. The minimum absolute atomic E-state index is 0.0662. The van der Waals surface area contributed by atoms with Gasteiger partial charge in [0.2, 0.25) is 11.7 Å². The van der Waals surface area contributed by atoms with Crippen LogP contribution in [0.1, 0.15) is 104 Å². The zero-order valence-corrected chi connectivity index (χ0v) is 29.5. The molecule has 0 bridgehead atoms. The second-order valence-electron chi connectivity index (χ2n) is 12.6. The SMILES string of the molecule is COc1cc(C(CC(=O)NC(C)c2nnc3ccccn23)c2c(O)cc3c(c2O)C(=O)OC(C)CCCC(=O)CCCC=C3)cc(OC)c1OC. The van der Waals surface area contributed by atoms with Gasteiger partial charge in [-0.05, 0) is 81.0 Å². The second-order valence-corrected chi connectivity index (χ2v) is 12.6. The summed E-state index contributed by atoms with van der Waals surface area (Å²) in [6.07, 6.45) is 7.40. The number of aromatic hydroxyl groups is 2. The number of pyridine rings is 1. The van der Waals surface area contributed by atoms with Crippen LogP contribution in [0.2, 0.25) is 0 Å². The van der Waals surface area contributed by atoms with E-state index in [1.54, 1.807) is 54.8 Å². The van der Waals surface area contributed by atoms with Crippen molar-refractivity contribution < 1.29 is 43.5 Å². The van der Waals surface area contributed by atoms with Crippen molar-refractivity contribution in [3.05, 3.63) is 76.7 Å². The fraction of sp³-hybridized carbons (Fsp3) is 0.395. The number of rotatable bonds is 9. The fourth-order valence-electron chi connectivity index (χ4n) is 6.41. The molecule has 13 heteroatoms. The summed E-state index contributed by atoms with van der Waals surface area (Å²) < 4.78 is 24.2. The Labute approximate surface area is 296 Å². The number of nitrogens with one attached hydrogen (secondary N) is 1. The lowest BCUT2D eigenvalue weighted by Gasteiger charge is -2.25. The van der Waals surface area contributed by atoms with Crippen LogP contribution in [0.25, 0.3) is 11.7 Å². The maximum atomic E-state index is 13.9. The van der Waals surface area contributed by atoms with Crippen LogP contribution in [0.3, 0.4) is 0 Å². The third-order valence-electron chi connectivity index (χ3n) is 8.98. The van der Waals surface area contributed by atoms with Crippen molar-refractivity contribution in [3.8, 4) is 28.7 Å². The summed E-state index contributed by atoms with van der Waals surface area (Å²) in [4.78, 5) is 39.9. The number of hydrogen-bond acceptors (Lipinski definition) is 11. The van der Waals surface area contributed by atoms with Gasteiger partial charge >= 0.3 is 5.97 Å². The molecule has 270 valence electrons. The number of phenols is 2. The summed E-state index contributed by atoms with van der Waals surface area (Å²) in [6.45, 7) is 3.50. The molecule has 1 aliphatic heterocycles. The van der Waals surface area contributed by atoms with Crippen molar-refractivity contribution in [2.75, 3.05) is 21.3 Å². The number of benzene rings is 2. The number of nitrogens with zero attached hydrogens (tertiary/aromatic N) is 3. The molecule has 1 aliphatic rings. The molecule has 3 atom stereocenters. The van der Waals surface area contributed by atoms with Gasteiger partial charge in [0.15, 0.2) is 23.0 Å². The van der Waals surface area contributed by atoms with Gasteiger partial charge in [-0.2, -0.15) is 0 Å². The van der Waals surface area contributed by atoms with Gasteiger partial charge in [0.1, 0.15) is 22.8 Å². The van der Waals surface area contributed by atoms with Crippen LogP contribution in [0.5, 0.6) is 28.7 Å². The van der Waals surface area contributed by atoms with Gasteiger partial charge in [-0.1, -0.05) is 18.2 Å². The number of cyclic esters (lactones) is 1. The Morgan fingerprint density at radius 2 is 1.76 bits per heavy atom. The lowest BCUT2D eigenvalue weighted by molar-refractivity contribution is -0.122. The molecule has 2 aromatic carbocycles. The lowest BCUT2D eigenvalue weighted by Crippen LogP contribution is -2.29. The molecule has 13 nitrogen and oxygen atoms in total. The smallest absolute Gasteiger partial charge is 0.342 e. The van der Waals surface area contributed by atoms with Gasteiger partial charge in [0.25, 0.3) is 0 Å². The molecule has 1 amide bonds. The minimum Gasteiger partial charge on any atom is -0.507 e. The molecule has 0 fully saturated rings. The van der Waals surface area contributed by atoms with Gasteiger partial charge in [-0.3, -0.25) is 14.0 Å². The number of amides is 1. The van der Waals surface area contributed by atoms with Crippen LogP contribution < -0.4 is 19.5 Å². The van der Waals surface area contributed by atoms with E-state index in [0.29, 0.717) is 61.3 Å². The summed E-state index contributed by atoms with van der Waals surface area (Å²) in [5.41, 5.74) is 1.05. The Hall–Kier alpha value is -5.59. The van der Waals surface area contributed by atoms with E-state index in [1.807, 2.05) is 12.1 Å². The van der Waals surface area contributed by atoms with Crippen molar-refractivity contribution >= 4 is 29.4 Å². The van der Waals surface area contributed by atoms with E-state index in [4.69, 9.17) is 18.9 Å². The number of Topliss-reactive ketones (excluding diaryl/α,β-unsaturated/α-hetero) is 1.